The van der Waals surface area contributed by atoms with Gasteiger partial charge in [-0.3, -0.25) is 14.9 Å². The zero-order valence-corrected chi connectivity index (χ0v) is 27.4. The van der Waals surface area contributed by atoms with Crippen LogP contribution in [0.2, 0.25) is 0 Å². The van der Waals surface area contributed by atoms with Gasteiger partial charge in [-0.1, -0.05) is 31.5 Å². The number of nitrogens with zero attached hydrogens (tertiary/aromatic N) is 2. The van der Waals surface area contributed by atoms with Gasteiger partial charge in [-0.25, -0.2) is 13.8 Å². The number of hydrogen-bond donors (Lipinski definition) is 2. The molecule has 0 fully saturated rings. The second-order valence-corrected chi connectivity index (χ2v) is 14.0. The minimum Gasteiger partial charge on any atom is -0.490 e. The van der Waals surface area contributed by atoms with Crippen LogP contribution < -0.4 is 19.1 Å². The number of rotatable bonds is 14. The first-order valence-electron chi connectivity index (χ1n) is 13.2. The molecule has 0 bridgehead atoms. The summed E-state index contributed by atoms with van der Waals surface area (Å²) in [6.07, 6.45) is 1.47. The summed E-state index contributed by atoms with van der Waals surface area (Å²) in [5, 5.41) is 14.8. The maximum Gasteiger partial charge on any atom is 0.339 e. The quantitative estimate of drug-likeness (QED) is 0.104. The van der Waals surface area contributed by atoms with Crippen molar-refractivity contribution in [2.24, 2.45) is 11.0 Å². The van der Waals surface area contributed by atoms with E-state index in [4.69, 9.17) is 8.92 Å². The molecule has 0 aromatic heterocycles. The second kappa shape index (κ2) is 14.7. The van der Waals surface area contributed by atoms with Gasteiger partial charge in [-0.15, -0.1) is 0 Å². The standard InChI is InChI=1S/C28H31BrN4O9S2/c1-5-41-26-16-20(15-24(29)27(26)42-44(39,40)23-12-8-21(9-13-23)33(35)36)17-30-31-28(34)25(14-18(2)3)32-43(37,38)22-10-6-19(4)7-11-22/h6-13,15-18,25,32H,5,14H2,1-4H3,(H,31,34)/b30-17-/t25-/m1/s1. The number of hydrogen-bond acceptors (Lipinski definition) is 10. The number of carbonyl (C=O) groups is 1. The minimum atomic E-state index is -4.40. The predicted molar refractivity (Wildman–Crippen MR) is 167 cm³/mol. The van der Waals surface area contributed by atoms with Crippen LogP contribution in [0.5, 0.6) is 11.5 Å². The van der Waals surface area contributed by atoms with Crippen molar-refractivity contribution in [3.63, 3.8) is 0 Å². The molecule has 1 amide bonds. The summed E-state index contributed by atoms with van der Waals surface area (Å²) in [4.78, 5) is 22.9. The van der Waals surface area contributed by atoms with Crippen LogP contribution in [0.1, 0.15) is 38.3 Å². The topological polar surface area (TPSA) is 183 Å². The van der Waals surface area contributed by atoms with Crippen molar-refractivity contribution >= 4 is 53.9 Å². The normalized spacial score (nSPS) is 12.7. The first-order valence-corrected chi connectivity index (χ1v) is 16.9. The van der Waals surface area contributed by atoms with Crippen molar-refractivity contribution in [1.29, 1.82) is 0 Å². The number of non-ortho nitro benzene ring substituents is 1. The number of amides is 1. The Hall–Kier alpha value is -3.86. The Morgan fingerprint density at radius 1 is 1.05 bits per heavy atom. The van der Waals surface area contributed by atoms with E-state index in [1.165, 1.54) is 30.5 Å². The van der Waals surface area contributed by atoms with Crippen molar-refractivity contribution in [3.8, 4) is 11.5 Å². The molecule has 2 N–H and O–H groups in total. The fourth-order valence-electron chi connectivity index (χ4n) is 3.80. The molecule has 0 unspecified atom stereocenters. The van der Waals surface area contributed by atoms with Gasteiger partial charge in [0, 0.05) is 12.1 Å². The zero-order chi connectivity index (χ0) is 32.7. The zero-order valence-electron chi connectivity index (χ0n) is 24.2. The molecule has 3 aromatic carbocycles. The highest BCUT2D eigenvalue weighted by atomic mass is 79.9. The number of nitrogens with one attached hydrogen (secondary N) is 2. The van der Waals surface area contributed by atoms with Crippen molar-refractivity contribution in [3.05, 3.63) is 86.4 Å². The summed E-state index contributed by atoms with van der Waals surface area (Å²) in [6.45, 7) is 7.35. The third-order valence-electron chi connectivity index (χ3n) is 5.90. The molecule has 0 aliphatic rings. The van der Waals surface area contributed by atoms with Crippen LogP contribution in [0.25, 0.3) is 0 Å². The number of aryl methyl sites for hydroxylation is 1. The van der Waals surface area contributed by atoms with Gasteiger partial charge < -0.3 is 8.92 Å². The summed E-state index contributed by atoms with van der Waals surface area (Å²) in [6, 6.07) is 12.2. The average molecular weight is 712 g/mol. The highest BCUT2D eigenvalue weighted by molar-refractivity contribution is 9.10. The SMILES string of the molecule is CCOc1cc(/C=N\NC(=O)[C@@H](CC(C)C)NS(=O)(=O)c2ccc(C)cc2)cc(Br)c1OS(=O)(=O)c1ccc([N+](=O)[O-])cc1. The molecule has 236 valence electrons. The minimum absolute atomic E-state index is 0.0185. The first kappa shape index (κ1) is 34.6. The highest BCUT2D eigenvalue weighted by Gasteiger charge is 2.27. The van der Waals surface area contributed by atoms with E-state index < -0.39 is 37.0 Å². The molecule has 0 saturated carbocycles. The lowest BCUT2D eigenvalue weighted by molar-refractivity contribution is -0.384. The number of nitro benzene ring substituents is 1. The van der Waals surface area contributed by atoms with Crippen LogP contribution in [0, 0.1) is 23.0 Å². The molecule has 0 aliphatic carbocycles. The van der Waals surface area contributed by atoms with Crippen molar-refractivity contribution in [2.45, 2.75) is 49.9 Å². The Bertz CT molecular complexity index is 1740. The third-order valence-corrected chi connectivity index (χ3v) is 9.21. The lowest BCUT2D eigenvalue weighted by Gasteiger charge is -2.19. The van der Waals surface area contributed by atoms with E-state index in [9.17, 15) is 31.7 Å². The van der Waals surface area contributed by atoms with E-state index in [1.54, 1.807) is 19.1 Å². The van der Waals surface area contributed by atoms with E-state index in [-0.39, 0.29) is 50.4 Å². The number of nitro groups is 1. The van der Waals surface area contributed by atoms with E-state index in [2.05, 4.69) is 31.2 Å². The average Bonchev–Trinajstić information content (AvgIpc) is 2.94. The predicted octanol–water partition coefficient (Wildman–Crippen LogP) is 4.68. The summed E-state index contributed by atoms with van der Waals surface area (Å²) in [7, 11) is -8.38. The highest BCUT2D eigenvalue weighted by Crippen LogP contribution is 2.38. The van der Waals surface area contributed by atoms with Crippen molar-refractivity contribution < 1.29 is 35.5 Å². The van der Waals surface area contributed by atoms with Gasteiger partial charge in [0.15, 0.2) is 11.5 Å². The molecule has 3 rings (SSSR count). The van der Waals surface area contributed by atoms with E-state index >= 15 is 0 Å². The summed E-state index contributed by atoms with van der Waals surface area (Å²) < 4.78 is 65.1. The maximum atomic E-state index is 13.0. The number of benzene rings is 3. The Morgan fingerprint density at radius 3 is 2.23 bits per heavy atom. The Labute approximate surface area is 264 Å². The fraction of sp³-hybridized carbons (Fsp3) is 0.286. The molecule has 0 saturated heterocycles. The van der Waals surface area contributed by atoms with Crippen LogP contribution in [0.15, 0.2) is 80.0 Å². The molecule has 13 nitrogen and oxygen atoms in total. The maximum absolute atomic E-state index is 13.0. The van der Waals surface area contributed by atoms with Gasteiger partial charge >= 0.3 is 10.1 Å². The van der Waals surface area contributed by atoms with E-state index in [1.807, 2.05) is 20.8 Å². The lowest BCUT2D eigenvalue weighted by atomic mass is 10.0. The van der Waals surface area contributed by atoms with Gasteiger partial charge in [0.1, 0.15) is 10.9 Å². The van der Waals surface area contributed by atoms with Gasteiger partial charge in [-0.05, 0) is 84.1 Å². The van der Waals surface area contributed by atoms with Crippen molar-refractivity contribution in [2.75, 3.05) is 6.61 Å². The number of hydrazone groups is 1. The molecule has 44 heavy (non-hydrogen) atoms. The van der Waals surface area contributed by atoms with Gasteiger partial charge in [0.05, 0.1) is 27.1 Å². The number of carbonyl (C=O) groups excluding carboxylic acids is 1. The van der Waals surface area contributed by atoms with Crippen LogP contribution in [0.3, 0.4) is 0 Å². The Kier molecular flexibility index (Phi) is 11.6. The lowest BCUT2D eigenvalue weighted by Crippen LogP contribution is -2.46. The molecule has 3 aromatic rings. The summed E-state index contributed by atoms with van der Waals surface area (Å²) >= 11 is 3.27. The summed E-state index contributed by atoms with van der Waals surface area (Å²) in [5.41, 5.74) is 3.33. The molecule has 0 heterocycles. The monoisotopic (exact) mass is 710 g/mol. The van der Waals surface area contributed by atoms with Crippen LogP contribution in [0.4, 0.5) is 5.69 Å². The summed E-state index contributed by atoms with van der Waals surface area (Å²) in [5.74, 6) is -0.837. The fourth-order valence-corrected chi connectivity index (χ4v) is 6.61. The Morgan fingerprint density at radius 2 is 1.66 bits per heavy atom. The van der Waals surface area contributed by atoms with Crippen LogP contribution in [-0.4, -0.2) is 46.5 Å². The molecule has 16 heteroatoms. The molecular weight excluding hydrogens is 680 g/mol. The number of halogens is 1. The second-order valence-electron chi connectivity index (χ2n) is 9.90. The van der Waals surface area contributed by atoms with Crippen LogP contribution >= 0.6 is 15.9 Å². The third kappa shape index (κ3) is 9.32. The molecule has 0 spiro atoms. The van der Waals surface area contributed by atoms with Crippen LogP contribution in [-0.2, 0) is 24.9 Å². The van der Waals surface area contributed by atoms with Gasteiger partial charge in [0.25, 0.3) is 11.6 Å². The number of sulfonamides is 1. The Balaban J connectivity index is 1.80. The van der Waals surface area contributed by atoms with E-state index in [0.29, 0.717) is 5.56 Å². The van der Waals surface area contributed by atoms with Crippen molar-refractivity contribution in [1.82, 2.24) is 10.1 Å². The molecule has 0 aliphatic heterocycles. The smallest absolute Gasteiger partial charge is 0.339 e. The largest absolute Gasteiger partial charge is 0.490 e. The molecule has 1 atom stereocenters. The van der Waals surface area contributed by atoms with E-state index in [0.717, 1.165) is 29.8 Å². The first-order chi connectivity index (χ1) is 20.6. The molecule has 0 radical (unpaired) electrons. The van der Waals surface area contributed by atoms with Gasteiger partial charge in [0.2, 0.25) is 10.0 Å². The number of ether oxygens (including phenoxy) is 1. The molecular formula is C28H31BrN4O9S2. The van der Waals surface area contributed by atoms with Gasteiger partial charge in [-0.2, -0.15) is 18.2 Å².